The monoisotopic (exact) mass is 246 g/mol. The molecule has 1 aliphatic rings. The zero-order chi connectivity index (χ0) is 10.1. The topological polar surface area (TPSA) is 49.4 Å². The van der Waals surface area contributed by atoms with Gasteiger partial charge in [-0.05, 0) is 7.05 Å². The second-order valence-electron chi connectivity index (χ2n) is 3.38. The lowest BCUT2D eigenvalue weighted by Gasteiger charge is -2.34. The third-order valence-electron chi connectivity index (χ3n) is 2.43. The van der Waals surface area contributed by atoms with Crippen LogP contribution in [0.5, 0.6) is 0 Å². The summed E-state index contributed by atoms with van der Waals surface area (Å²) in [6.07, 6.45) is 1.59. The van der Waals surface area contributed by atoms with Gasteiger partial charge < -0.3 is 0 Å². The van der Waals surface area contributed by atoms with E-state index in [-0.39, 0.29) is 38.3 Å². The zero-order valence-corrected chi connectivity index (χ0v) is 9.92. The molecule has 1 aliphatic heterocycles. The highest BCUT2D eigenvalue weighted by atomic mass is 35.5. The molecule has 0 amide bonds. The largest absolute Gasteiger partial charge is 0.288 e. The van der Waals surface area contributed by atoms with Crippen LogP contribution in [-0.4, -0.2) is 44.9 Å². The molecular weight excluding hydrogens is 231 g/mol. The number of hydrogen-bond acceptors (Lipinski definition) is 3. The summed E-state index contributed by atoms with van der Waals surface area (Å²) in [6, 6.07) is 0. The van der Waals surface area contributed by atoms with Gasteiger partial charge in [0.05, 0.1) is 6.26 Å². The molecule has 1 fully saturated rings. The lowest BCUT2D eigenvalue weighted by Crippen LogP contribution is -2.50. The normalized spacial score (nSPS) is 22.8. The van der Waals surface area contributed by atoms with Gasteiger partial charge in [0.1, 0.15) is 0 Å². The third kappa shape index (κ3) is 3.34. The Morgan fingerprint density at radius 3 is 2.07 bits per heavy atom. The van der Waals surface area contributed by atoms with Crippen LogP contribution < -0.4 is 5.32 Å². The van der Waals surface area contributed by atoms with E-state index in [2.05, 4.69) is 5.32 Å². The van der Waals surface area contributed by atoms with Gasteiger partial charge in [-0.3, -0.25) is 5.32 Å². The molecule has 1 saturated heterocycles. The Labute approximate surface area is 90.3 Å². The molecule has 0 aromatic carbocycles. The molecule has 86 valence electrons. The van der Waals surface area contributed by atoms with E-state index in [1.54, 1.807) is 7.05 Å². The lowest BCUT2D eigenvalue weighted by molar-refractivity contribution is 0.0614. The summed E-state index contributed by atoms with van der Waals surface area (Å²) in [5, 5.41) is 2.56. The Morgan fingerprint density at radius 1 is 1.36 bits per heavy atom. The molecule has 0 aliphatic carbocycles. The van der Waals surface area contributed by atoms with Crippen LogP contribution in [0.2, 0.25) is 0 Å². The molecular formula is C7H16ClFN2O2S. The molecule has 4 nitrogen and oxygen atoms in total. The summed E-state index contributed by atoms with van der Waals surface area (Å²) >= 11 is 0. The number of sulfonamides is 1. The van der Waals surface area contributed by atoms with Crippen LogP contribution in [0.25, 0.3) is 0 Å². The van der Waals surface area contributed by atoms with Crippen molar-refractivity contribution in [1.82, 2.24) is 9.62 Å². The molecule has 0 aromatic rings. The van der Waals surface area contributed by atoms with Crippen molar-refractivity contribution in [2.75, 3.05) is 26.4 Å². The molecule has 1 heterocycles. The predicted molar refractivity (Wildman–Crippen MR) is 55.8 cm³/mol. The summed E-state index contributed by atoms with van der Waals surface area (Å²) in [7, 11) is -1.59. The fraction of sp³-hybridized carbons (Fsp3) is 1.00. The molecule has 0 spiro atoms. The number of alkyl halides is 1. The van der Waals surface area contributed by atoms with Crippen molar-refractivity contribution in [2.24, 2.45) is 0 Å². The van der Waals surface area contributed by atoms with Crippen molar-refractivity contribution >= 4 is 22.4 Å². The average Bonchev–Trinajstić information content (AvgIpc) is 2.04. The van der Waals surface area contributed by atoms with Gasteiger partial charge in [-0.15, -0.1) is 12.4 Å². The number of rotatable bonds is 2. The highest BCUT2D eigenvalue weighted by Gasteiger charge is 2.35. The molecule has 0 saturated carbocycles. The van der Waals surface area contributed by atoms with E-state index >= 15 is 0 Å². The second kappa shape index (κ2) is 4.74. The van der Waals surface area contributed by atoms with Gasteiger partial charge >= 0.3 is 0 Å². The molecule has 0 atom stereocenters. The lowest BCUT2D eigenvalue weighted by atomic mass is 10.0. The van der Waals surface area contributed by atoms with Gasteiger partial charge in [0.25, 0.3) is 0 Å². The van der Waals surface area contributed by atoms with Gasteiger partial charge in [-0.25, -0.2) is 17.1 Å². The fourth-order valence-corrected chi connectivity index (χ4v) is 2.27. The summed E-state index contributed by atoms with van der Waals surface area (Å²) in [5.41, 5.74) is 0. The SMILES string of the molecule is CNC1(F)CCN(S(C)(=O)=O)CC1.Cl. The Balaban J connectivity index is 0.00000169. The van der Waals surface area contributed by atoms with Gasteiger partial charge in [0.2, 0.25) is 10.0 Å². The molecule has 0 radical (unpaired) electrons. The van der Waals surface area contributed by atoms with Crippen molar-refractivity contribution < 1.29 is 12.8 Å². The van der Waals surface area contributed by atoms with Gasteiger partial charge in [0, 0.05) is 25.9 Å². The Kier molecular flexibility index (Phi) is 4.77. The van der Waals surface area contributed by atoms with E-state index in [4.69, 9.17) is 0 Å². The van der Waals surface area contributed by atoms with E-state index in [0.717, 1.165) is 6.26 Å². The molecule has 1 rings (SSSR count). The standard InChI is InChI=1S/C7H15FN2O2S.ClH/c1-9-7(8)3-5-10(6-4-7)13(2,11)12;/h9H,3-6H2,1-2H3;1H. The molecule has 1 N–H and O–H groups in total. The number of halogens is 2. The maximum absolute atomic E-state index is 13.5. The molecule has 0 aromatic heterocycles. The maximum atomic E-state index is 13.5. The van der Waals surface area contributed by atoms with Crippen molar-refractivity contribution in [3.63, 3.8) is 0 Å². The number of piperidine rings is 1. The third-order valence-corrected chi connectivity index (χ3v) is 3.74. The minimum Gasteiger partial charge on any atom is -0.288 e. The van der Waals surface area contributed by atoms with E-state index in [0.29, 0.717) is 0 Å². The highest BCUT2D eigenvalue weighted by Crippen LogP contribution is 2.24. The van der Waals surface area contributed by atoms with Crippen molar-refractivity contribution in [3.05, 3.63) is 0 Å². The average molecular weight is 247 g/mol. The van der Waals surface area contributed by atoms with Crippen LogP contribution in [0.4, 0.5) is 4.39 Å². The fourth-order valence-electron chi connectivity index (χ4n) is 1.42. The minimum absolute atomic E-state index is 0. The Bertz CT molecular complexity index is 275. The van der Waals surface area contributed by atoms with E-state index in [1.807, 2.05) is 0 Å². The van der Waals surface area contributed by atoms with Gasteiger partial charge in [0.15, 0.2) is 5.79 Å². The summed E-state index contributed by atoms with van der Waals surface area (Å²) in [4.78, 5) is 0. The van der Waals surface area contributed by atoms with Crippen molar-refractivity contribution in [3.8, 4) is 0 Å². The van der Waals surface area contributed by atoms with Crippen LogP contribution in [0.15, 0.2) is 0 Å². The molecule has 0 bridgehead atoms. The first-order valence-electron chi connectivity index (χ1n) is 4.20. The van der Waals surface area contributed by atoms with Crippen LogP contribution in [-0.2, 0) is 10.0 Å². The summed E-state index contributed by atoms with van der Waals surface area (Å²) in [6.45, 7) is 0.520. The highest BCUT2D eigenvalue weighted by molar-refractivity contribution is 7.88. The summed E-state index contributed by atoms with van der Waals surface area (Å²) in [5.74, 6) is -1.39. The second-order valence-corrected chi connectivity index (χ2v) is 5.36. The quantitative estimate of drug-likeness (QED) is 0.716. The molecule has 14 heavy (non-hydrogen) atoms. The first kappa shape index (κ1) is 14.1. The van der Waals surface area contributed by atoms with Crippen LogP contribution in [0.3, 0.4) is 0 Å². The van der Waals surface area contributed by atoms with Gasteiger partial charge in [-0.1, -0.05) is 0 Å². The maximum Gasteiger partial charge on any atom is 0.211 e. The number of hydrogen-bond donors (Lipinski definition) is 1. The van der Waals surface area contributed by atoms with E-state index in [9.17, 15) is 12.8 Å². The molecule has 0 unspecified atom stereocenters. The smallest absolute Gasteiger partial charge is 0.211 e. The zero-order valence-electron chi connectivity index (χ0n) is 8.29. The van der Waals surface area contributed by atoms with Crippen LogP contribution in [0, 0.1) is 0 Å². The number of nitrogens with zero attached hydrogens (tertiary/aromatic N) is 1. The van der Waals surface area contributed by atoms with Crippen molar-refractivity contribution in [1.29, 1.82) is 0 Å². The van der Waals surface area contributed by atoms with Gasteiger partial charge in [-0.2, -0.15) is 0 Å². The first-order valence-corrected chi connectivity index (χ1v) is 6.05. The minimum atomic E-state index is -3.15. The number of nitrogens with one attached hydrogen (secondary N) is 1. The Morgan fingerprint density at radius 2 is 1.79 bits per heavy atom. The van der Waals surface area contributed by atoms with Crippen LogP contribution in [0.1, 0.15) is 12.8 Å². The molecule has 7 heteroatoms. The summed E-state index contributed by atoms with van der Waals surface area (Å²) < 4.78 is 37.0. The van der Waals surface area contributed by atoms with E-state index in [1.165, 1.54) is 4.31 Å². The van der Waals surface area contributed by atoms with Crippen molar-refractivity contribution in [2.45, 2.75) is 18.6 Å². The van der Waals surface area contributed by atoms with Crippen LogP contribution >= 0.6 is 12.4 Å². The van der Waals surface area contributed by atoms with E-state index < -0.39 is 15.8 Å². The Hall–Kier alpha value is 0.0900. The predicted octanol–water partition coefficient (Wildman–Crippen LogP) is 0.349. The first-order chi connectivity index (χ1) is 5.87.